The predicted octanol–water partition coefficient (Wildman–Crippen LogP) is 2.18. The van der Waals surface area contributed by atoms with Crippen LogP contribution in [-0.4, -0.2) is 38.3 Å². The maximum atomic E-state index is 11.8. The van der Waals surface area contributed by atoms with E-state index in [1.807, 2.05) is 31.2 Å². The number of benzene rings is 1. The summed E-state index contributed by atoms with van der Waals surface area (Å²) < 4.78 is 10.9. The van der Waals surface area contributed by atoms with Gasteiger partial charge >= 0.3 is 0 Å². The van der Waals surface area contributed by atoms with Gasteiger partial charge in [-0.25, -0.2) is 0 Å². The second-order valence-corrected chi connectivity index (χ2v) is 5.09. The van der Waals surface area contributed by atoms with Crippen molar-refractivity contribution in [3.05, 3.63) is 24.3 Å². The monoisotopic (exact) mass is 292 g/mol. The van der Waals surface area contributed by atoms with Crippen molar-refractivity contribution in [1.29, 1.82) is 0 Å². The molecule has 1 fully saturated rings. The van der Waals surface area contributed by atoms with Gasteiger partial charge in [0.25, 0.3) is 0 Å². The molecule has 2 N–H and O–H groups in total. The predicted molar refractivity (Wildman–Crippen MR) is 82.7 cm³/mol. The maximum Gasteiger partial charge on any atom is 0.225 e. The van der Waals surface area contributed by atoms with E-state index in [1.165, 1.54) is 0 Å². The number of rotatable bonds is 8. The van der Waals surface area contributed by atoms with Crippen LogP contribution in [0.5, 0.6) is 5.75 Å². The lowest BCUT2D eigenvalue weighted by atomic mass is 10.2. The minimum atomic E-state index is 0.0130. The van der Waals surface area contributed by atoms with E-state index in [4.69, 9.17) is 9.47 Å². The number of amides is 1. The second-order valence-electron chi connectivity index (χ2n) is 5.09. The maximum absolute atomic E-state index is 11.8. The molecule has 0 spiro atoms. The van der Waals surface area contributed by atoms with Crippen molar-refractivity contribution in [1.82, 2.24) is 5.32 Å². The lowest BCUT2D eigenvalue weighted by Gasteiger charge is -2.11. The molecule has 1 atom stereocenters. The first-order valence-corrected chi connectivity index (χ1v) is 7.63. The molecule has 0 aliphatic carbocycles. The molecule has 0 aromatic heterocycles. The molecule has 1 amide bonds. The summed E-state index contributed by atoms with van der Waals surface area (Å²) in [6.07, 6.45) is 3.04. The topological polar surface area (TPSA) is 59.6 Å². The lowest BCUT2D eigenvalue weighted by Crippen LogP contribution is -2.29. The highest BCUT2D eigenvalue weighted by Gasteiger charge is 2.14. The van der Waals surface area contributed by atoms with Gasteiger partial charge in [-0.2, -0.15) is 0 Å². The van der Waals surface area contributed by atoms with Gasteiger partial charge in [0.05, 0.1) is 12.7 Å². The fourth-order valence-corrected chi connectivity index (χ4v) is 2.29. The summed E-state index contributed by atoms with van der Waals surface area (Å²) in [4.78, 5) is 11.8. The highest BCUT2D eigenvalue weighted by atomic mass is 16.5. The number of carbonyl (C=O) groups is 1. The van der Waals surface area contributed by atoms with Crippen LogP contribution in [-0.2, 0) is 9.53 Å². The van der Waals surface area contributed by atoms with Gasteiger partial charge in [0.2, 0.25) is 5.91 Å². The van der Waals surface area contributed by atoms with E-state index in [0.717, 1.165) is 37.4 Å². The second kappa shape index (κ2) is 8.64. The minimum absolute atomic E-state index is 0.0130. The highest BCUT2D eigenvalue weighted by molar-refractivity contribution is 5.90. The van der Waals surface area contributed by atoms with Crippen LogP contribution in [0.15, 0.2) is 24.3 Å². The van der Waals surface area contributed by atoms with E-state index in [1.54, 1.807) is 0 Å². The van der Waals surface area contributed by atoms with Crippen molar-refractivity contribution in [3.63, 3.8) is 0 Å². The Hall–Kier alpha value is -1.59. The van der Waals surface area contributed by atoms with Crippen molar-refractivity contribution < 1.29 is 14.3 Å². The molecular formula is C16H24N2O3. The van der Waals surface area contributed by atoms with E-state index < -0.39 is 0 Å². The molecule has 2 rings (SSSR count). The largest absolute Gasteiger partial charge is 0.494 e. The number of carbonyl (C=O) groups excluding carboxylic acids is 1. The van der Waals surface area contributed by atoms with Gasteiger partial charge in [0.15, 0.2) is 0 Å². The van der Waals surface area contributed by atoms with Crippen molar-refractivity contribution in [2.45, 2.75) is 32.3 Å². The summed E-state index contributed by atoms with van der Waals surface area (Å²) in [5, 5.41) is 6.14. The third kappa shape index (κ3) is 5.73. The molecule has 1 saturated heterocycles. The number of hydrogen-bond acceptors (Lipinski definition) is 4. The van der Waals surface area contributed by atoms with Crippen molar-refractivity contribution in [2.24, 2.45) is 0 Å². The molecule has 1 aliphatic rings. The molecule has 0 bridgehead atoms. The fraction of sp³-hybridized carbons (Fsp3) is 0.562. The molecule has 1 aliphatic heterocycles. The first-order valence-electron chi connectivity index (χ1n) is 7.63. The summed E-state index contributed by atoms with van der Waals surface area (Å²) in [5.74, 6) is 0.827. The summed E-state index contributed by atoms with van der Waals surface area (Å²) >= 11 is 0. The molecule has 1 heterocycles. The number of anilines is 1. The van der Waals surface area contributed by atoms with Gasteiger partial charge in [-0.1, -0.05) is 0 Å². The fourth-order valence-electron chi connectivity index (χ4n) is 2.29. The zero-order chi connectivity index (χ0) is 14.9. The Kier molecular flexibility index (Phi) is 6.50. The van der Waals surface area contributed by atoms with Crippen LogP contribution in [0.25, 0.3) is 0 Å². The Morgan fingerprint density at radius 3 is 2.86 bits per heavy atom. The van der Waals surface area contributed by atoms with E-state index in [9.17, 15) is 4.79 Å². The third-order valence-electron chi connectivity index (χ3n) is 3.37. The molecule has 1 aromatic carbocycles. The summed E-state index contributed by atoms with van der Waals surface area (Å²) in [5.41, 5.74) is 0.794. The molecule has 1 aromatic rings. The summed E-state index contributed by atoms with van der Waals surface area (Å²) in [6, 6.07) is 7.41. The number of nitrogens with one attached hydrogen (secondary N) is 2. The van der Waals surface area contributed by atoms with Crippen LogP contribution >= 0.6 is 0 Å². The molecule has 0 radical (unpaired) electrons. The van der Waals surface area contributed by atoms with Crippen LogP contribution < -0.4 is 15.4 Å². The van der Waals surface area contributed by atoms with Crippen LogP contribution in [0.1, 0.15) is 26.2 Å². The smallest absolute Gasteiger partial charge is 0.225 e. The molecule has 1 unspecified atom stereocenters. The van der Waals surface area contributed by atoms with E-state index in [-0.39, 0.29) is 5.91 Å². The molecule has 5 heteroatoms. The zero-order valence-electron chi connectivity index (χ0n) is 12.6. The Morgan fingerprint density at radius 2 is 2.19 bits per heavy atom. The van der Waals surface area contributed by atoms with E-state index in [0.29, 0.717) is 25.7 Å². The molecule has 5 nitrogen and oxygen atoms in total. The van der Waals surface area contributed by atoms with Gasteiger partial charge in [-0.15, -0.1) is 0 Å². The van der Waals surface area contributed by atoms with Crippen molar-refractivity contribution in [2.75, 3.05) is 31.6 Å². The average molecular weight is 292 g/mol. The Morgan fingerprint density at radius 1 is 1.38 bits per heavy atom. The highest BCUT2D eigenvalue weighted by Crippen LogP contribution is 2.15. The van der Waals surface area contributed by atoms with Crippen LogP contribution in [0, 0.1) is 0 Å². The normalized spacial score (nSPS) is 17.7. The molecular weight excluding hydrogens is 268 g/mol. The van der Waals surface area contributed by atoms with Gasteiger partial charge in [0, 0.05) is 31.8 Å². The molecule has 116 valence electrons. The first kappa shape index (κ1) is 15.8. The van der Waals surface area contributed by atoms with Gasteiger partial charge < -0.3 is 20.1 Å². The van der Waals surface area contributed by atoms with Crippen LogP contribution in [0.4, 0.5) is 5.69 Å². The summed E-state index contributed by atoms with van der Waals surface area (Å²) in [6.45, 7) is 4.95. The van der Waals surface area contributed by atoms with Crippen LogP contribution in [0.2, 0.25) is 0 Å². The lowest BCUT2D eigenvalue weighted by molar-refractivity contribution is -0.116. The van der Waals surface area contributed by atoms with Gasteiger partial charge in [0.1, 0.15) is 5.75 Å². The third-order valence-corrected chi connectivity index (χ3v) is 3.37. The standard InChI is InChI=1S/C16H24N2O3/c1-2-20-14-7-5-13(6-8-14)18-16(19)9-10-17-12-15-4-3-11-21-15/h5-8,15,17H,2-4,9-12H2,1H3,(H,18,19). The number of ether oxygens (including phenoxy) is 2. The average Bonchev–Trinajstić information content (AvgIpc) is 2.99. The molecule has 0 saturated carbocycles. The first-order chi connectivity index (χ1) is 10.3. The Labute approximate surface area is 126 Å². The SMILES string of the molecule is CCOc1ccc(NC(=O)CCNCC2CCCO2)cc1. The zero-order valence-corrected chi connectivity index (χ0v) is 12.6. The number of hydrogen-bond donors (Lipinski definition) is 2. The van der Waals surface area contributed by atoms with Gasteiger partial charge in [-0.05, 0) is 44.0 Å². The van der Waals surface area contributed by atoms with Crippen molar-refractivity contribution in [3.8, 4) is 5.75 Å². The van der Waals surface area contributed by atoms with Crippen LogP contribution in [0.3, 0.4) is 0 Å². The Balaban J connectivity index is 1.61. The Bertz CT molecular complexity index is 428. The summed E-state index contributed by atoms with van der Waals surface area (Å²) in [7, 11) is 0. The quantitative estimate of drug-likeness (QED) is 0.721. The van der Waals surface area contributed by atoms with E-state index in [2.05, 4.69) is 10.6 Å². The van der Waals surface area contributed by atoms with Gasteiger partial charge in [-0.3, -0.25) is 4.79 Å². The van der Waals surface area contributed by atoms with E-state index >= 15 is 0 Å². The molecule has 21 heavy (non-hydrogen) atoms. The minimum Gasteiger partial charge on any atom is -0.494 e. The van der Waals surface area contributed by atoms with Crippen molar-refractivity contribution >= 4 is 11.6 Å².